The molecule has 3 heterocycles. The average Bonchev–Trinajstić information content (AvgIpc) is 2.78. The monoisotopic (exact) mass is 418 g/mol. The molecule has 1 aliphatic carbocycles. The van der Waals surface area contributed by atoms with Crippen LogP contribution in [0.3, 0.4) is 0 Å². The van der Waals surface area contributed by atoms with Crippen molar-refractivity contribution >= 4 is 16.9 Å². The van der Waals surface area contributed by atoms with Crippen molar-refractivity contribution in [2.24, 2.45) is 0 Å². The van der Waals surface area contributed by atoms with Crippen molar-refractivity contribution in [3.05, 3.63) is 62.3 Å². The first-order valence-electron chi connectivity index (χ1n) is 11.4. The molecular weight excluding hydrogens is 388 g/mol. The molecule has 0 unspecified atom stereocenters. The Hall–Kier alpha value is -2.73. The maximum atomic E-state index is 13.2. The van der Waals surface area contributed by atoms with E-state index in [1.165, 1.54) is 32.1 Å². The van der Waals surface area contributed by atoms with E-state index < -0.39 is 0 Å². The molecule has 0 atom stereocenters. The Morgan fingerprint density at radius 3 is 2.74 bits per heavy atom. The van der Waals surface area contributed by atoms with Gasteiger partial charge in [-0.2, -0.15) is 0 Å². The van der Waals surface area contributed by atoms with Gasteiger partial charge in [0.2, 0.25) is 0 Å². The number of anilines is 1. The average molecular weight is 419 g/mol. The molecule has 1 aromatic carbocycles. The summed E-state index contributed by atoms with van der Waals surface area (Å²) < 4.78 is 5.83. The van der Waals surface area contributed by atoms with Crippen LogP contribution in [0.1, 0.15) is 71.8 Å². The Kier molecular flexibility index (Phi) is 5.26. The third kappa shape index (κ3) is 3.85. The fraction of sp³-hybridized carbons (Fsp3) is 0.480. The third-order valence-corrected chi connectivity index (χ3v) is 7.02. The topological polar surface area (TPSA) is 85.2 Å². The van der Waals surface area contributed by atoms with Gasteiger partial charge in [0.05, 0.1) is 10.9 Å². The van der Waals surface area contributed by atoms with Crippen molar-refractivity contribution in [3.63, 3.8) is 0 Å². The lowest BCUT2D eigenvalue weighted by molar-refractivity contribution is 0.240. The quantitative estimate of drug-likeness (QED) is 0.679. The summed E-state index contributed by atoms with van der Waals surface area (Å²) >= 11 is 0. The standard InChI is InChI=1S/C25H30N4O2/c1-15-10-19-22(11-16(15)2)31-24(26)20(23(19)30)14-29-9-8-21-18(13-29)12-27-25(28-21)17-6-4-3-5-7-17/h10-12,17H,3-9,13-14,26H2,1-2H3. The summed E-state index contributed by atoms with van der Waals surface area (Å²) in [4.78, 5) is 25.0. The first-order valence-corrected chi connectivity index (χ1v) is 11.4. The Bertz CT molecular complexity index is 1190. The van der Waals surface area contributed by atoms with Crippen molar-refractivity contribution < 1.29 is 4.42 Å². The van der Waals surface area contributed by atoms with Crippen LogP contribution in [0.4, 0.5) is 5.88 Å². The minimum atomic E-state index is -0.0310. The van der Waals surface area contributed by atoms with E-state index in [1.54, 1.807) is 0 Å². The van der Waals surface area contributed by atoms with Crippen molar-refractivity contribution in [2.75, 3.05) is 12.3 Å². The van der Waals surface area contributed by atoms with Crippen LogP contribution in [0.25, 0.3) is 11.0 Å². The minimum absolute atomic E-state index is 0.0310. The highest BCUT2D eigenvalue weighted by molar-refractivity contribution is 5.80. The molecule has 6 heteroatoms. The van der Waals surface area contributed by atoms with Gasteiger partial charge in [0, 0.05) is 49.4 Å². The van der Waals surface area contributed by atoms with Gasteiger partial charge >= 0.3 is 0 Å². The molecule has 31 heavy (non-hydrogen) atoms. The van der Waals surface area contributed by atoms with Crippen LogP contribution in [0.2, 0.25) is 0 Å². The van der Waals surface area contributed by atoms with Gasteiger partial charge in [-0.1, -0.05) is 19.3 Å². The number of nitrogens with zero attached hydrogens (tertiary/aromatic N) is 3. The molecule has 3 aromatic rings. The number of nitrogens with two attached hydrogens (primary N) is 1. The van der Waals surface area contributed by atoms with Crippen molar-refractivity contribution in [1.82, 2.24) is 14.9 Å². The SMILES string of the molecule is Cc1cc2oc(N)c(CN3CCc4nc(C5CCCCC5)ncc4C3)c(=O)c2cc1C. The zero-order valence-electron chi connectivity index (χ0n) is 18.4. The van der Waals surface area contributed by atoms with Gasteiger partial charge in [0.25, 0.3) is 0 Å². The summed E-state index contributed by atoms with van der Waals surface area (Å²) in [6, 6.07) is 3.80. The highest BCUT2D eigenvalue weighted by Crippen LogP contribution is 2.31. The van der Waals surface area contributed by atoms with Crippen LogP contribution >= 0.6 is 0 Å². The normalized spacial score (nSPS) is 17.7. The summed E-state index contributed by atoms with van der Waals surface area (Å²) in [5.74, 6) is 1.76. The van der Waals surface area contributed by atoms with Crippen molar-refractivity contribution in [3.8, 4) is 0 Å². The van der Waals surface area contributed by atoms with E-state index in [0.29, 0.717) is 29.0 Å². The second-order valence-electron chi connectivity index (χ2n) is 9.20. The van der Waals surface area contributed by atoms with Crippen LogP contribution in [-0.2, 0) is 19.5 Å². The fourth-order valence-corrected chi connectivity index (χ4v) is 4.96. The van der Waals surface area contributed by atoms with Crippen LogP contribution in [0.5, 0.6) is 0 Å². The Balaban J connectivity index is 1.38. The molecule has 6 nitrogen and oxygen atoms in total. The third-order valence-electron chi connectivity index (χ3n) is 7.02. The Morgan fingerprint density at radius 2 is 1.94 bits per heavy atom. The second-order valence-corrected chi connectivity index (χ2v) is 9.20. The summed E-state index contributed by atoms with van der Waals surface area (Å²) in [7, 11) is 0. The van der Waals surface area contributed by atoms with Gasteiger partial charge in [0.1, 0.15) is 11.4 Å². The lowest BCUT2D eigenvalue weighted by Crippen LogP contribution is -2.33. The van der Waals surface area contributed by atoms with E-state index in [2.05, 4.69) is 4.90 Å². The molecule has 5 rings (SSSR count). The molecule has 1 fully saturated rings. The van der Waals surface area contributed by atoms with Gasteiger partial charge in [-0.05, 0) is 49.9 Å². The van der Waals surface area contributed by atoms with Gasteiger partial charge in [-0.15, -0.1) is 0 Å². The molecule has 0 saturated heterocycles. The van der Waals surface area contributed by atoms with E-state index in [9.17, 15) is 4.79 Å². The van der Waals surface area contributed by atoms with Crippen molar-refractivity contribution in [2.45, 2.75) is 71.4 Å². The van der Waals surface area contributed by atoms with E-state index in [1.807, 2.05) is 32.2 Å². The van der Waals surface area contributed by atoms with E-state index in [-0.39, 0.29) is 11.3 Å². The number of hydrogen-bond acceptors (Lipinski definition) is 6. The molecule has 162 valence electrons. The van der Waals surface area contributed by atoms with Crippen molar-refractivity contribution in [1.29, 1.82) is 0 Å². The summed E-state index contributed by atoms with van der Waals surface area (Å²) in [6.45, 7) is 6.06. The van der Waals surface area contributed by atoms with Gasteiger partial charge in [-0.3, -0.25) is 9.69 Å². The number of rotatable bonds is 3. The van der Waals surface area contributed by atoms with Gasteiger partial charge in [0.15, 0.2) is 11.3 Å². The number of benzene rings is 1. The van der Waals surface area contributed by atoms with E-state index in [0.717, 1.165) is 47.7 Å². The fourth-order valence-electron chi connectivity index (χ4n) is 4.96. The lowest BCUT2D eigenvalue weighted by Gasteiger charge is -2.29. The van der Waals surface area contributed by atoms with E-state index >= 15 is 0 Å². The second kappa shape index (κ2) is 8.08. The van der Waals surface area contributed by atoms with Crippen LogP contribution in [0, 0.1) is 13.8 Å². The number of aryl methyl sites for hydroxylation is 2. The zero-order valence-corrected chi connectivity index (χ0v) is 18.4. The molecule has 2 aliphatic rings. The first-order chi connectivity index (χ1) is 15.0. The molecule has 0 amide bonds. The van der Waals surface area contributed by atoms with Crippen LogP contribution in [-0.4, -0.2) is 21.4 Å². The summed E-state index contributed by atoms with van der Waals surface area (Å²) in [5, 5.41) is 0.602. The molecule has 0 radical (unpaired) electrons. The molecule has 1 saturated carbocycles. The number of nitrogen functional groups attached to an aromatic ring is 1. The molecule has 2 aromatic heterocycles. The lowest BCUT2D eigenvalue weighted by atomic mass is 9.88. The van der Waals surface area contributed by atoms with E-state index in [4.69, 9.17) is 20.1 Å². The predicted molar refractivity (Wildman–Crippen MR) is 122 cm³/mol. The van der Waals surface area contributed by atoms with Crippen LogP contribution < -0.4 is 11.2 Å². The predicted octanol–water partition coefficient (Wildman–Crippen LogP) is 4.39. The molecule has 0 spiro atoms. The molecule has 0 bridgehead atoms. The summed E-state index contributed by atoms with van der Waals surface area (Å²) in [6.07, 6.45) is 9.19. The number of fused-ring (bicyclic) bond motifs is 2. The Labute approximate surface area is 182 Å². The molecule has 1 aliphatic heterocycles. The maximum absolute atomic E-state index is 13.2. The largest absolute Gasteiger partial charge is 0.440 e. The highest BCUT2D eigenvalue weighted by Gasteiger charge is 2.24. The zero-order chi connectivity index (χ0) is 21.5. The minimum Gasteiger partial charge on any atom is -0.440 e. The van der Waals surface area contributed by atoms with Gasteiger partial charge < -0.3 is 10.2 Å². The molecule has 2 N–H and O–H groups in total. The smallest absolute Gasteiger partial charge is 0.199 e. The van der Waals surface area contributed by atoms with Gasteiger partial charge in [-0.25, -0.2) is 9.97 Å². The number of aromatic nitrogens is 2. The Morgan fingerprint density at radius 1 is 1.16 bits per heavy atom. The maximum Gasteiger partial charge on any atom is 0.199 e. The highest BCUT2D eigenvalue weighted by atomic mass is 16.3. The number of hydrogen-bond donors (Lipinski definition) is 1. The van der Waals surface area contributed by atoms with Crippen LogP contribution in [0.15, 0.2) is 27.5 Å². The first kappa shape index (κ1) is 20.2. The molecular formula is C25H30N4O2. The summed E-state index contributed by atoms with van der Waals surface area (Å²) in [5.41, 5.74) is 11.7.